The number of nitrogens with zero attached hydrogens (tertiary/aromatic N) is 2. The Morgan fingerprint density at radius 3 is 1.98 bits per heavy atom. The van der Waals surface area contributed by atoms with Crippen molar-refractivity contribution in [2.24, 2.45) is 0 Å². The van der Waals surface area contributed by atoms with Crippen molar-refractivity contribution in [2.75, 3.05) is 26.9 Å². The van der Waals surface area contributed by atoms with E-state index in [0.29, 0.717) is 69.7 Å². The quantitative estimate of drug-likeness (QED) is 0.192. The zero-order chi connectivity index (χ0) is 32.6. The summed E-state index contributed by atoms with van der Waals surface area (Å²) in [7, 11) is 1.59. The molecule has 0 bridgehead atoms. The van der Waals surface area contributed by atoms with E-state index in [1.54, 1.807) is 36.0 Å². The first-order valence-corrected chi connectivity index (χ1v) is 15.6. The first-order chi connectivity index (χ1) is 22.3. The van der Waals surface area contributed by atoms with Crippen molar-refractivity contribution in [3.05, 3.63) is 76.3 Å². The Morgan fingerprint density at radius 2 is 1.35 bits per heavy atom. The van der Waals surface area contributed by atoms with Crippen LogP contribution in [-0.4, -0.2) is 59.8 Å². The van der Waals surface area contributed by atoms with E-state index in [0.717, 1.165) is 40.0 Å². The number of carbonyl (C=O) groups is 3. The molecule has 2 amide bonds. The maximum atomic E-state index is 12.7. The monoisotopic (exact) mass is 632 g/mol. The number of hydrogen-bond donors (Lipinski definition) is 1. The Balaban J connectivity index is 1.11. The molecule has 2 aliphatic rings. The first-order valence-electron chi connectivity index (χ1n) is 15.6. The third-order valence-corrected chi connectivity index (χ3v) is 8.00. The number of carbonyl (C=O) groups excluding carboxylic acids is 3. The molecule has 2 heterocycles. The third kappa shape index (κ3) is 7.82. The average molecular weight is 633 g/mol. The molecule has 3 aromatic carbocycles. The number of phenols is 1. The molecule has 0 saturated carbocycles. The zero-order valence-electron chi connectivity index (χ0n) is 26.5. The third-order valence-electron chi connectivity index (χ3n) is 8.00. The molecule has 0 aliphatic carbocycles. The maximum Gasteiger partial charge on any atom is 0.415 e. The number of benzene rings is 3. The summed E-state index contributed by atoms with van der Waals surface area (Å²) in [6, 6.07) is 14.0. The van der Waals surface area contributed by atoms with Crippen molar-refractivity contribution < 1.29 is 43.2 Å². The number of phenolic OH excluding ortho intramolecular Hbond substituents is 1. The minimum atomic E-state index is -0.449. The molecule has 2 aliphatic heterocycles. The molecule has 0 radical (unpaired) electrons. The number of fused-ring (bicyclic) bond motifs is 2. The smallest absolute Gasteiger partial charge is 0.415 e. The van der Waals surface area contributed by atoms with Gasteiger partial charge in [-0.3, -0.25) is 14.5 Å². The van der Waals surface area contributed by atoms with Crippen LogP contribution >= 0.6 is 0 Å². The molecule has 0 unspecified atom stereocenters. The number of aromatic hydroxyl groups is 1. The average Bonchev–Trinajstić information content (AvgIpc) is 3.67. The van der Waals surface area contributed by atoms with Crippen LogP contribution in [0, 0.1) is 0 Å². The van der Waals surface area contributed by atoms with Crippen molar-refractivity contribution in [2.45, 2.75) is 65.7 Å². The Bertz CT molecular complexity index is 1570. The van der Waals surface area contributed by atoms with Gasteiger partial charge in [-0.2, -0.15) is 0 Å². The van der Waals surface area contributed by atoms with E-state index in [2.05, 4.69) is 13.0 Å². The minimum absolute atomic E-state index is 0.0691. The summed E-state index contributed by atoms with van der Waals surface area (Å²) in [6.07, 6.45) is 1.15. The molecule has 244 valence electrons. The second-order valence-electron chi connectivity index (χ2n) is 11.2. The summed E-state index contributed by atoms with van der Waals surface area (Å²) in [4.78, 5) is 40.4. The summed E-state index contributed by atoms with van der Waals surface area (Å²) in [6.45, 7) is 6.73. The van der Waals surface area contributed by atoms with Gasteiger partial charge in [-0.15, -0.1) is 0 Å². The molecule has 1 N–H and O–H groups in total. The number of aryl methyl sites for hydroxylation is 1. The lowest BCUT2D eigenvalue weighted by Crippen LogP contribution is -2.28. The van der Waals surface area contributed by atoms with E-state index in [-0.39, 0.29) is 30.5 Å². The largest absolute Gasteiger partial charge is 0.508 e. The molecule has 0 spiro atoms. The molecule has 11 heteroatoms. The van der Waals surface area contributed by atoms with Gasteiger partial charge in [-0.05, 0) is 89.7 Å². The fourth-order valence-corrected chi connectivity index (χ4v) is 5.58. The van der Waals surface area contributed by atoms with Gasteiger partial charge in [0.15, 0.2) is 11.5 Å². The van der Waals surface area contributed by atoms with E-state index in [4.69, 9.17) is 23.7 Å². The van der Waals surface area contributed by atoms with Crippen LogP contribution in [0.4, 0.5) is 4.79 Å². The van der Waals surface area contributed by atoms with Crippen LogP contribution in [0.5, 0.6) is 28.7 Å². The van der Waals surface area contributed by atoms with Crippen LogP contribution in [0.2, 0.25) is 0 Å². The fraction of sp³-hybridized carbons (Fsp3) is 0.400. The number of rotatable bonds is 13. The molecule has 0 fully saturated rings. The molecule has 3 aromatic rings. The lowest BCUT2D eigenvalue weighted by Gasteiger charge is -2.15. The molecular weight excluding hydrogens is 592 g/mol. The van der Waals surface area contributed by atoms with Crippen LogP contribution in [0.25, 0.3) is 0 Å². The zero-order valence-corrected chi connectivity index (χ0v) is 26.5. The van der Waals surface area contributed by atoms with Crippen molar-refractivity contribution in [3.63, 3.8) is 0 Å². The van der Waals surface area contributed by atoms with Gasteiger partial charge in [-0.1, -0.05) is 6.92 Å². The summed E-state index contributed by atoms with van der Waals surface area (Å²) in [5.41, 5.74) is 5.13. The number of ether oxygens (including phenoxy) is 5. The predicted molar refractivity (Wildman–Crippen MR) is 168 cm³/mol. The van der Waals surface area contributed by atoms with Crippen molar-refractivity contribution >= 4 is 18.0 Å². The molecule has 11 nitrogen and oxygen atoms in total. The normalized spacial score (nSPS) is 13.2. The van der Waals surface area contributed by atoms with Gasteiger partial charge in [0.1, 0.15) is 17.2 Å². The lowest BCUT2D eigenvalue weighted by atomic mass is 10.0. The van der Waals surface area contributed by atoms with Crippen LogP contribution in [0.15, 0.2) is 48.5 Å². The molecule has 0 atom stereocenters. The number of esters is 1. The van der Waals surface area contributed by atoms with Gasteiger partial charge in [-0.25, -0.2) is 4.79 Å². The standard InChI is InChI=1S/C35H40N2O9/c1-4-23-15-24-21-37(35(41)46-29-9-7-28(38)8-10-29)22-25(24)16-30(23)44-13-6-14-45-32-18-27-20-36(19-26(27)17-31(32)42-3)33(39)11-12-34(40)43-5-2/h7-10,15-18,38H,4-6,11-14,19-22H2,1-3H3. The maximum absolute atomic E-state index is 12.7. The van der Waals surface area contributed by atoms with Gasteiger partial charge in [0.05, 0.1) is 33.4 Å². The van der Waals surface area contributed by atoms with Gasteiger partial charge < -0.3 is 33.7 Å². The lowest BCUT2D eigenvalue weighted by molar-refractivity contribution is -0.145. The Labute approximate surface area is 268 Å². The molecule has 46 heavy (non-hydrogen) atoms. The highest BCUT2D eigenvalue weighted by molar-refractivity contribution is 5.82. The SMILES string of the molecule is CCOC(=O)CCC(=O)N1Cc2cc(OC)c(OCCCOc3cc4c(cc3CC)CN(C(=O)Oc3ccc(O)cc3)C4)cc2C1. The Morgan fingerprint density at radius 1 is 0.761 bits per heavy atom. The van der Waals surface area contributed by atoms with Crippen LogP contribution in [0.1, 0.15) is 60.9 Å². The summed E-state index contributed by atoms with van der Waals surface area (Å²) in [5, 5.41) is 9.46. The predicted octanol–water partition coefficient (Wildman–Crippen LogP) is 5.51. The Hall–Kier alpha value is -4.93. The van der Waals surface area contributed by atoms with E-state index >= 15 is 0 Å². The highest BCUT2D eigenvalue weighted by atomic mass is 16.6. The van der Waals surface area contributed by atoms with Crippen LogP contribution < -0.4 is 18.9 Å². The number of hydrogen-bond acceptors (Lipinski definition) is 9. The molecule has 0 aromatic heterocycles. The van der Waals surface area contributed by atoms with E-state index in [9.17, 15) is 19.5 Å². The van der Waals surface area contributed by atoms with Crippen LogP contribution in [0.3, 0.4) is 0 Å². The van der Waals surface area contributed by atoms with Crippen molar-refractivity contribution in [1.29, 1.82) is 0 Å². The Kier molecular flexibility index (Phi) is 10.5. The summed E-state index contributed by atoms with van der Waals surface area (Å²) >= 11 is 0. The van der Waals surface area contributed by atoms with Gasteiger partial charge >= 0.3 is 12.1 Å². The minimum Gasteiger partial charge on any atom is -0.508 e. The summed E-state index contributed by atoms with van der Waals surface area (Å²) in [5.74, 6) is 2.01. The first kappa shape index (κ1) is 32.5. The van der Waals surface area contributed by atoms with Gasteiger partial charge in [0, 0.05) is 39.0 Å². The fourth-order valence-electron chi connectivity index (χ4n) is 5.58. The molecule has 5 rings (SSSR count). The second kappa shape index (κ2) is 14.9. The highest BCUT2D eigenvalue weighted by Crippen LogP contribution is 2.36. The topological polar surface area (TPSA) is 124 Å². The summed E-state index contributed by atoms with van der Waals surface area (Å²) < 4.78 is 28.2. The van der Waals surface area contributed by atoms with Gasteiger partial charge in [0.2, 0.25) is 5.91 Å². The van der Waals surface area contributed by atoms with Crippen LogP contribution in [-0.2, 0) is 46.9 Å². The van der Waals surface area contributed by atoms with E-state index in [1.165, 1.54) is 12.1 Å². The molecule has 0 saturated heterocycles. The van der Waals surface area contributed by atoms with Crippen molar-refractivity contribution in [1.82, 2.24) is 9.80 Å². The highest BCUT2D eigenvalue weighted by Gasteiger charge is 2.28. The van der Waals surface area contributed by atoms with E-state index in [1.807, 2.05) is 18.2 Å². The van der Waals surface area contributed by atoms with Crippen molar-refractivity contribution in [3.8, 4) is 28.7 Å². The molecular formula is C35H40N2O9. The number of methoxy groups -OCH3 is 1. The van der Waals surface area contributed by atoms with E-state index < -0.39 is 6.09 Å². The van der Waals surface area contributed by atoms with Gasteiger partial charge in [0.25, 0.3) is 0 Å². The second-order valence-corrected chi connectivity index (χ2v) is 11.2. The number of amides is 2.